The Morgan fingerprint density at radius 3 is 2.48 bits per heavy atom. The molecule has 1 saturated heterocycles. The van der Waals surface area contributed by atoms with Crippen molar-refractivity contribution in [2.45, 2.75) is 64.3 Å². The highest BCUT2D eigenvalue weighted by molar-refractivity contribution is 5.77. The molecule has 5 heteroatoms. The van der Waals surface area contributed by atoms with E-state index in [9.17, 15) is 9.59 Å². The molecule has 5 nitrogen and oxygen atoms in total. The quantitative estimate of drug-likeness (QED) is 0.772. The summed E-state index contributed by atoms with van der Waals surface area (Å²) in [4.78, 5) is 25.8. The van der Waals surface area contributed by atoms with Crippen molar-refractivity contribution in [2.24, 2.45) is 17.6 Å². The van der Waals surface area contributed by atoms with Gasteiger partial charge in [-0.15, -0.1) is 0 Å². The number of nitrogens with zero attached hydrogens (tertiary/aromatic N) is 1. The maximum absolute atomic E-state index is 12.1. The highest BCUT2D eigenvalue weighted by atomic mass is 16.2. The summed E-state index contributed by atoms with van der Waals surface area (Å²) in [6, 6.07) is 8.27. The fourth-order valence-corrected chi connectivity index (χ4v) is 4.37. The van der Waals surface area contributed by atoms with Crippen LogP contribution in [0.2, 0.25) is 0 Å². The number of hydrogen-bond donors (Lipinski definition) is 2. The van der Waals surface area contributed by atoms with Crippen LogP contribution < -0.4 is 16.0 Å². The van der Waals surface area contributed by atoms with Crippen LogP contribution in [-0.4, -0.2) is 24.9 Å². The third kappa shape index (κ3) is 5.98. The lowest BCUT2D eigenvalue weighted by atomic mass is 9.86. The molecule has 3 rings (SSSR count). The summed E-state index contributed by atoms with van der Waals surface area (Å²) >= 11 is 0. The third-order valence-corrected chi connectivity index (χ3v) is 6.12. The molecule has 0 radical (unpaired) electrons. The molecule has 148 valence electrons. The Morgan fingerprint density at radius 2 is 1.78 bits per heavy atom. The Hall–Kier alpha value is -2.04. The summed E-state index contributed by atoms with van der Waals surface area (Å²) in [5.41, 5.74) is 7.69. The SMILES string of the molecule is NC(=O)[C@H]1CCCN(c2ccc(CNC(=O)CCC3CCCCC3)cc2)C1. The first-order valence-corrected chi connectivity index (χ1v) is 10.5. The number of rotatable bonds is 7. The molecule has 3 N–H and O–H groups in total. The van der Waals surface area contributed by atoms with Gasteiger partial charge in [0, 0.05) is 31.7 Å². The normalized spacial score (nSPS) is 21.0. The fraction of sp³-hybridized carbons (Fsp3) is 0.636. The van der Waals surface area contributed by atoms with Gasteiger partial charge in [-0.1, -0.05) is 44.2 Å². The van der Waals surface area contributed by atoms with E-state index in [0.717, 1.165) is 43.0 Å². The molecule has 2 aliphatic rings. The lowest BCUT2D eigenvalue weighted by Crippen LogP contribution is -2.41. The largest absolute Gasteiger partial charge is 0.371 e. The van der Waals surface area contributed by atoms with E-state index >= 15 is 0 Å². The fourth-order valence-electron chi connectivity index (χ4n) is 4.37. The average molecular weight is 372 g/mol. The van der Waals surface area contributed by atoms with Gasteiger partial charge >= 0.3 is 0 Å². The van der Waals surface area contributed by atoms with Gasteiger partial charge in [-0.25, -0.2) is 0 Å². The van der Waals surface area contributed by atoms with Gasteiger partial charge in [0.15, 0.2) is 0 Å². The highest BCUT2D eigenvalue weighted by Crippen LogP contribution is 2.27. The van der Waals surface area contributed by atoms with E-state index in [-0.39, 0.29) is 17.7 Å². The number of nitrogens with one attached hydrogen (secondary N) is 1. The van der Waals surface area contributed by atoms with Gasteiger partial charge in [-0.2, -0.15) is 0 Å². The smallest absolute Gasteiger partial charge is 0.222 e. The molecule has 0 bridgehead atoms. The van der Waals surface area contributed by atoms with Crippen molar-refractivity contribution in [2.75, 3.05) is 18.0 Å². The van der Waals surface area contributed by atoms with Crippen LogP contribution in [0.1, 0.15) is 63.4 Å². The molecule has 1 atom stereocenters. The van der Waals surface area contributed by atoms with Crippen molar-refractivity contribution in [3.63, 3.8) is 0 Å². The first kappa shape index (κ1) is 19.7. The second-order valence-electron chi connectivity index (χ2n) is 8.17. The second-order valence-corrected chi connectivity index (χ2v) is 8.17. The number of amides is 2. The minimum Gasteiger partial charge on any atom is -0.371 e. The lowest BCUT2D eigenvalue weighted by Gasteiger charge is -2.33. The van der Waals surface area contributed by atoms with Crippen LogP contribution in [0.4, 0.5) is 5.69 Å². The number of benzene rings is 1. The Morgan fingerprint density at radius 1 is 1.04 bits per heavy atom. The van der Waals surface area contributed by atoms with Crippen molar-refractivity contribution in [1.82, 2.24) is 5.32 Å². The predicted molar refractivity (Wildman–Crippen MR) is 108 cm³/mol. The van der Waals surface area contributed by atoms with Gasteiger partial charge in [0.05, 0.1) is 5.92 Å². The van der Waals surface area contributed by atoms with Gasteiger partial charge in [0.25, 0.3) is 0 Å². The summed E-state index contributed by atoms with van der Waals surface area (Å²) in [7, 11) is 0. The molecule has 0 spiro atoms. The van der Waals surface area contributed by atoms with E-state index in [1.54, 1.807) is 0 Å². The van der Waals surface area contributed by atoms with Crippen molar-refractivity contribution in [3.8, 4) is 0 Å². The molecule has 1 aliphatic carbocycles. The molecular weight excluding hydrogens is 338 g/mol. The minimum absolute atomic E-state index is 0.0538. The Labute approximate surface area is 162 Å². The van der Waals surface area contributed by atoms with E-state index in [2.05, 4.69) is 34.5 Å². The number of nitrogens with two attached hydrogens (primary N) is 1. The Bertz CT molecular complexity index is 623. The van der Waals surface area contributed by atoms with Gasteiger partial charge < -0.3 is 16.0 Å². The van der Waals surface area contributed by atoms with Crippen LogP contribution in [0.5, 0.6) is 0 Å². The van der Waals surface area contributed by atoms with Crippen LogP contribution in [-0.2, 0) is 16.1 Å². The molecular formula is C22H33N3O2. The number of hydrogen-bond acceptors (Lipinski definition) is 3. The van der Waals surface area contributed by atoms with Crippen molar-refractivity contribution in [3.05, 3.63) is 29.8 Å². The highest BCUT2D eigenvalue weighted by Gasteiger charge is 2.24. The predicted octanol–water partition coefficient (Wildman–Crippen LogP) is 3.37. The molecule has 0 aromatic heterocycles. The summed E-state index contributed by atoms with van der Waals surface area (Å²) in [5.74, 6) is 0.650. The second kappa shape index (κ2) is 9.77. The van der Waals surface area contributed by atoms with E-state index in [1.165, 1.54) is 32.1 Å². The maximum Gasteiger partial charge on any atom is 0.222 e. The monoisotopic (exact) mass is 371 g/mol. The minimum atomic E-state index is -0.202. The lowest BCUT2D eigenvalue weighted by molar-refractivity contribution is -0.122. The van der Waals surface area contributed by atoms with E-state index in [1.807, 2.05) is 0 Å². The van der Waals surface area contributed by atoms with E-state index < -0.39 is 0 Å². The van der Waals surface area contributed by atoms with E-state index in [4.69, 9.17) is 5.73 Å². The van der Waals surface area contributed by atoms with Gasteiger partial charge in [0.2, 0.25) is 11.8 Å². The summed E-state index contributed by atoms with van der Waals surface area (Å²) in [5, 5.41) is 3.05. The van der Waals surface area contributed by atoms with Crippen LogP contribution in [0, 0.1) is 11.8 Å². The van der Waals surface area contributed by atoms with Crippen molar-refractivity contribution < 1.29 is 9.59 Å². The van der Waals surface area contributed by atoms with Crippen LogP contribution in [0.25, 0.3) is 0 Å². The van der Waals surface area contributed by atoms with Gasteiger partial charge in [0.1, 0.15) is 0 Å². The molecule has 2 fully saturated rings. The zero-order valence-electron chi connectivity index (χ0n) is 16.3. The van der Waals surface area contributed by atoms with E-state index in [0.29, 0.717) is 19.5 Å². The van der Waals surface area contributed by atoms with Crippen LogP contribution in [0.3, 0.4) is 0 Å². The molecule has 1 aromatic rings. The summed E-state index contributed by atoms with van der Waals surface area (Å²) < 4.78 is 0. The van der Waals surface area contributed by atoms with Gasteiger partial charge in [-0.05, 0) is 42.9 Å². The topological polar surface area (TPSA) is 75.4 Å². The number of primary amides is 1. The molecule has 0 unspecified atom stereocenters. The average Bonchev–Trinajstić information content (AvgIpc) is 2.72. The zero-order valence-corrected chi connectivity index (χ0v) is 16.3. The first-order chi connectivity index (χ1) is 13.1. The molecule has 27 heavy (non-hydrogen) atoms. The summed E-state index contributed by atoms with van der Waals surface area (Å²) in [6.45, 7) is 2.24. The maximum atomic E-state index is 12.1. The molecule has 1 heterocycles. The Kier molecular flexibility index (Phi) is 7.13. The first-order valence-electron chi connectivity index (χ1n) is 10.5. The molecule has 1 saturated carbocycles. The summed E-state index contributed by atoms with van der Waals surface area (Å²) in [6.07, 6.45) is 10.2. The van der Waals surface area contributed by atoms with Crippen LogP contribution >= 0.6 is 0 Å². The Balaban J connectivity index is 1.42. The van der Waals surface area contributed by atoms with Crippen LogP contribution in [0.15, 0.2) is 24.3 Å². The number of carbonyl (C=O) groups is 2. The van der Waals surface area contributed by atoms with Crippen molar-refractivity contribution >= 4 is 17.5 Å². The molecule has 1 aromatic carbocycles. The number of carbonyl (C=O) groups excluding carboxylic acids is 2. The molecule has 2 amide bonds. The third-order valence-electron chi connectivity index (χ3n) is 6.12. The number of piperidine rings is 1. The van der Waals surface area contributed by atoms with Crippen molar-refractivity contribution in [1.29, 1.82) is 0 Å². The van der Waals surface area contributed by atoms with Gasteiger partial charge in [-0.3, -0.25) is 9.59 Å². The number of anilines is 1. The molecule has 1 aliphatic heterocycles. The standard InChI is InChI=1S/C22H33N3O2/c23-22(27)19-7-4-14-25(16-19)20-11-8-18(9-12-20)15-24-21(26)13-10-17-5-2-1-3-6-17/h8-9,11-12,17,19H,1-7,10,13-16H2,(H2,23,27)(H,24,26)/t19-/m0/s1. The zero-order chi connectivity index (χ0) is 19.1.